The minimum atomic E-state index is -0.865. The van der Waals surface area contributed by atoms with Gasteiger partial charge in [0.05, 0.1) is 12.0 Å². The molecule has 0 amide bonds. The zero-order valence-electron chi connectivity index (χ0n) is 17.4. The van der Waals surface area contributed by atoms with E-state index in [-0.39, 0.29) is 29.5 Å². The molecule has 6 nitrogen and oxygen atoms in total. The molecule has 2 fully saturated rings. The molecule has 0 bridgehead atoms. The second-order valence-corrected chi connectivity index (χ2v) is 9.68. The standard InChI is InChI=1S/C21H37NO5/c1-20(2)13-15(17(19(25)26)11-8-12-18(23)24)14-21(3,4)22(20)27-16-9-6-5-7-10-16/h15-17H,5-14H2,1-4H3,(H,23,24)(H,25,26). The van der Waals surface area contributed by atoms with E-state index in [1.54, 1.807) is 0 Å². The van der Waals surface area contributed by atoms with Gasteiger partial charge in [-0.25, -0.2) is 0 Å². The average molecular weight is 384 g/mol. The van der Waals surface area contributed by atoms with Crippen molar-refractivity contribution in [2.45, 2.75) is 109 Å². The van der Waals surface area contributed by atoms with Crippen molar-refractivity contribution in [1.82, 2.24) is 5.06 Å². The quantitative estimate of drug-likeness (QED) is 0.643. The molecule has 2 N–H and O–H groups in total. The van der Waals surface area contributed by atoms with Crippen LogP contribution < -0.4 is 0 Å². The van der Waals surface area contributed by atoms with Crippen LogP contribution in [-0.4, -0.2) is 44.4 Å². The topological polar surface area (TPSA) is 87.1 Å². The van der Waals surface area contributed by atoms with Crippen LogP contribution in [0.1, 0.15) is 91.9 Å². The van der Waals surface area contributed by atoms with E-state index >= 15 is 0 Å². The Morgan fingerprint density at radius 1 is 1.04 bits per heavy atom. The predicted molar refractivity (Wildman–Crippen MR) is 103 cm³/mol. The number of aliphatic carboxylic acids is 2. The van der Waals surface area contributed by atoms with E-state index in [1.165, 1.54) is 19.3 Å². The summed E-state index contributed by atoms with van der Waals surface area (Å²) in [7, 11) is 0. The van der Waals surface area contributed by atoms with Crippen LogP contribution >= 0.6 is 0 Å². The van der Waals surface area contributed by atoms with E-state index < -0.39 is 17.9 Å². The van der Waals surface area contributed by atoms with E-state index in [2.05, 4.69) is 32.8 Å². The van der Waals surface area contributed by atoms with Crippen LogP contribution in [0.4, 0.5) is 0 Å². The monoisotopic (exact) mass is 383 g/mol. The summed E-state index contributed by atoms with van der Waals surface area (Å²) in [5.41, 5.74) is -0.519. The number of carboxylic acids is 2. The Morgan fingerprint density at radius 2 is 1.59 bits per heavy atom. The largest absolute Gasteiger partial charge is 0.481 e. The van der Waals surface area contributed by atoms with Crippen LogP contribution in [0.2, 0.25) is 0 Å². The van der Waals surface area contributed by atoms with Crippen LogP contribution in [0, 0.1) is 11.8 Å². The van der Waals surface area contributed by atoms with Gasteiger partial charge >= 0.3 is 11.9 Å². The average Bonchev–Trinajstić information content (AvgIpc) is 2.54. The van der Waals surface area contributed by atoms with Crippen molar-refractivity contribution in [2.24, 2.45) is 11.8 Å². The van der Waals surface area contributed by atoms with Gasteiger partial charge in [0.2, 0.25) is 0 Å². The highest BCUT2D eigenvalue weighted by Crippen LogP contribution is 2.46. The van der Waals surface area contributed by atoms with Gasteiger partial charge in [0.25, 0.3) is 0 Å². The molecule has 1 aliphatic heterocycles. The lowest BCUT2D eigenvalue weighted by Gasteiger charge is -2.55. The fourth-order valence-electron chi connectivity index (χ4n) is 5.26. The van der Waals surface area contributed by atoms with Crippen molar-refractivity contribution < 1.29 is 24.6 Å². The number of carbonyl (C=O) groups is 2. The summed E-state index contributed by atoms with van der Waals surface area (Å²) in [5.74, 6) is -2.15. The second-order valence-electron chi connectivity index (χ2n) is 9.68. The molecule has 0 radical (unpaired) electrons. The molecule has 1 saturated carbocycles. The van der Waals surface area contributed by atoms with Crippen molar-refractivity contribution in [3.8, 4) is 0 Å². The number of carboxylic acid groups (broad SMARTS) is 2. The van der Waals surface area contributed by atoms with Crippen LogP contribution in [0.5, 0.6) is 0 Å². The third kappa shape index (κ3) is 5.92. The number of piperidine rings is 1. The van der Waals surface area contributed by atoms with Crippen molar-refractivity contribution in [3.05, 3.63) is 0 Å². The maximum Gasteiger partial charge on any atom is 0.306 e. The van der Waals surface area contributed by atoms with Gasteiger partial charge in [0.1, 0.15) is 0 Å². The summed E-state index contributed by atoms with van der Waals surface area (Å²) >= 11 is 0. The highest BCUT2D eigenvalue weighted by Gasteiger charge is 2.50. The first kappa shape index (κ1) is 22.2. The van der Waals surface area contributed by atoms with E-state index in [4.69, 9.17) is 9.94 Å². The molecule has 0 aromatic rings. The van der Waals surface area contributed by atoms with Crippen LogP contribution in [0.15, 0.2) is 0 Å². The summed E-state index contributed by atoms with van der Waals surface area (Å²) in [6.07, 6.45) is 8.51. The normalized spacial score (nSPS) is 25.2. The zero-order valence-corrected chi connectivity index (χ0v) is 17.4. The summed E-state index contributed by atoms with van der Waals surface area (Å²) < 4.78 is 0. The number of hydrogen-bond donors (Lipinski definition) is 2. The Hall–Kier alpha value is -1.14. The van der Waals surface area contributed by atoms with Gasteiger partial charge in [0.15, 0.2) is 0 Å². The minimum Gasteiger partial charge on any atom is -0.481 e. The molecule has 0 aromatic heterocycles. The third-order valence-electron chi connectivity index (χ3n) is 6.22. The molecular weight excluding hydrogens is 346 g/mol. The lowest BCUT2D eigenvalue weighted by atomic mass is 9.69. The predicted octanol–water partition coefficient (Wildman–Crippen LogP) is 4.48. The molecule has 6 heteroatoms. The first-order chi connectivity index (χ1) is 12.5. The molecule has 1 saturated heterocycles. The van der Waals surface area contributed by atoms with Crippen LogP contribution in [-0.2, 0) is 14.4 Å². The highest BCUT2D eigenvalue weighted by atomic mass is 16.7. The molecule has 27 heavy (non-hydrogen) atoms. The zero-order chi connectivity index (χ0) is 20.2. The highest BCUT2D eigenvalue weighted by molar-refractivity contribution is 5.71. The van der Waals surface area contributed by atoms with E-state index in [0.717, 1.165) is 25.7 Å². The van der Waals surface area contributed by atoms with E-state index in [0.29, 0.717) is 12.8 Å². The molecule has 156 valence electrons. The number of hydroxylamine groups is 2. The third-order valence-corrected chi connectivity index (χ3v) is 6.22. The van der Waals surface area contributed by atoms with Crippen molar-refractivity contribution in [1.29, 1.82) is 0 Å². The van der Waals surface area contributed by atoms with Gasteiger partial charge in [-0.15, -0.1) is 0 Å². The Bertz CT molecular complexity index is 507. The smallest absolute Gasteiger partial charge is 0.306 e. The molecule has 1 unspecified atom stereocenters. The molecule has 0 spiro atoms. The molecule has 0 aromatic carbocycles. The Balaban J connectivity index is 2.09. The Kier molecular flexibility index (Phi) is 7.31. The van der Waals surface area contributed by atoms with E-state index in [1.807, 2.05) is 0 Å². The summed E-state index contributed by atoms with van der Waals surface area (Å²) in [6.45, 7) is 8.56. The molecule has 1 aliphatic carbocycles. The fraction of sp³-hybridized carbons (Fsp3) is 0.905. The summed E-state index contributed by atoms with van der Waals surface area (Å²) in [6, 6.07) is 0. The molecule has 1 heterocycles. The summed E-state index contributed by atoms with van der Waals surface area (Å²) in [5, 5.41) is 20.8. The van der Waals surface area contributed by atoms with Gasteiger partial charge in [0, 0.05) is 17.5 Å². The lowest BCUT2D eigenvalue weighted by Crippen LogP contribution is -2.62. The fourth-order valence-corrected chi connectivity index (χ4v) is 5.26. The molecular formula is C21H37NO5. The maximum atomic E-state index is 11.9. The van der Waals surface area contributed by atoms with Crippen molar-refractivity contribution in [2.75, 3.05) is 0 Å². The van der Waals surface area contributed by atoms with Gasteiger partial charge in [-0.2, -0.15) is 5.06 Å². The minimum absolute atomic E-state index is 0.0208. The molecule has 2 rings (SSSR count). The SMILES string of the molecule is CC1(C)CC(C(CCCC(=O)O)C(=O)O)CC(C)(C)N1OC1CCCCC1. The lowest BCUT2D eigenvalue weighted by molar-refractivity contribution is -0.315. The maximum absolute atomic E-state index is 11.9. The molecule has 2 aliphatic rings. The van der Waals surface area contributed by atoms with Crippen molar-refractivity contribution >= 4 is 11.9 Å². The van der Waals surface area contributed by atoms with Gasteiger partial charge in [-0.1, -0.05) is 19.3 Å². The first-order valence-corrected chi connectivity index (χ1v) is 10.4. The van der Waals surface area contributed by atoms with Crippen LogP contribution in [0.25, 0.3) is 0 Å². The van der Waals surface area contributed by atoms with Gasteiger partial charge < -0.3 is 10.2 Å². The second kappa shape index (κ2) is 8.91. The Morgan fingerprint density at radius 3 is 2.07 bits per heavy atom. The van der Waals surface area contributed by atoms with Gasteiger partial charge in [-0.05, 0) is 72.1 Å². The van der Waals surface area contributed by atoms with Gasteiger partial charge in [-0.3, -0.25) is 14.4 Å². The first-order valence-electron chi connectivity index (χ1n) is 10.4. The van der Waals surface area contributed by atoms with Crippen LogP contribution in [0.3, 0.4) is 0 Å². The number of hydrogen-bond acceptors (Lipinski definition) is 4. The summed E-state index contributed by atoms with van der Waals surface area (Å²) in [4.78, 5) is 29.2. The Labute approximate surface area is 163 Å². The number of nitrogens with zero attached hydrogens (tertiary/aromatic N) is 1. The van der Waals surface area contributed by atoms with E-state index in [9.17, 15) is 14.7 Å². The van der Waals surface area contributed by atoms with Crippen molar-refractivity contribution in [3.63, 3.8) is 0 Å². The molecule has 1 atom stereocenters. The number of rotatable bonds is 8.